The van der Waals surface area contributed by atoms with Crippen LogP contribution in [-0.4, -0.2) is 29.7 Å². The molecule has 0 aliphatic carbocycles. The lowest BCUT2D eigenvalue weighted by molar-refractivity contribution is 0.0130. The molecule has 0 bridgehead atoms. The van der Waals surface area contributed by atoms with Crippen LogP contribution in [0.25, 0.3) is 0 Å². The van der Waals surface area contributed by atoms with Crippen LogP contribution >= 0.6 is 0 Å². The molecule has 0 spiro atoms. The number of primary amides is 1. The van der Waals surface area contributed by atoms with E-state index in [1.54, 1.807) is 0 Å². The topological polar surface area (TPSA) is 46.3 Å². The first-order valence-corrected chi connectivity index (χ1v) is 2.74. The summed E-state index contributed by atoms with van der Waals surface area (Å²) in [5.41, 5.74) is 3.64. The zero-order valence-corrected chi connectivity index (χ0v) is 5.22. The Labute approximate surface area is 52.6 Å². The van der Waals surface area contributed by atoms with Gasteiger partial charge in [-0.15, -0.1) is 0 Å². The first kappa shape index (κ1) is 6.32. The lowest BCUT2D eigenvalue weighted by atomic mass is 10.0. The summed E-state index contributed by atoms with van der Waals surface area (Å²) in [5.74, 6) is 0. The predicted octanol–water partition coefficient (Wildman–Crippen LogP) is 0.109. The summed E-state index contributed by atoms with van der Waals surface area (Å²) in [5, 5.41) is 0. The molecule has 1 aliphatic heterocycles. The summed E-state index contributed by atoms with van der Waals surface area (Å²) in [4.78, 5) is 11.5. The first-order valence-electron chi connectivity index (χ1n) is 2.74. The number of halogens is 1. The molecule has 52 valence electrons. The van der Waals surface area contributed by atoms with Gasteiger partial charge in [0.15, 0.2) is 0 Å². The van der Waals surface area contributed by atoms with Crippen molar-refractivity contribution < 1.29 is 9.18 Å². The molecule has 1 fully saturated rings. The second kappa shape index (κ2) is 1.59. The molecule has 0 atom stereocenters. The maximum Gasteiger partial charge on any atom is 0.314 e. The van der Waals surface area contributed by atoms with Gasteiger partial charge in [0, 0.05) is 0 Å². The summed E-state index contributed by atoms with van der Waals surface area (Å²) in [6.07, 6.45) is 0. The number of alkyl halides is 1. The molecule has 0 unspecified atom stereocenters. The van der Waals surface area contributed by atoms with Gasteiger partial charge in [-0.05, 0) is 6.92 Å². The van der Waals surface area contributed by atoms with Crippen molar-refractivity contribution in [3.8, 4) is 0 Å². The van der Waals surface area contributed by atoms with Crippen LogP contribution in [0, 0.1) is 0 Å². The number of likely N-dealkylation sites (tertiary alicyclic amines) is 1. The predicted molar refractivity (Wildman–Crippen MR) is 30.7 cm³/mol. The number of carbonyl (C=O) groups is 1. The van der Waals surface area contributed by atoms with Gasteiger partial charge in [-0.1, -0.05) is 0 Å². The minimum Gasteiger partial charge on any atom is -0.351 e. The Bertz CT molecular complexity index is 138. The van der Waals surface area contributed by atoms with Gasteiger partial charge in [0.1, 0.15) is 5.67 Å². The van der Waals surface area contributed by atoms with Crippen LogP contribution in [0.3, 0.4) is 0 Å². The molecule has 2 amide bonds. The Morgan fingerprint density at radius 3 is 2.33 bits per heavy atom. The van der Waals surface area contributed by atoms with Gasteiger partial charge in [0.25, 0.3) is 0 Å². The molecule has 1 heterocycles. The van der Waals surface area contributed by atoms with Crippen LogP contribution in [0.4, 0.5) is 9.18 Å². The zero-order chi connectivity index (χ0) is 7.07. The monoisotopic (exact) mass is 132 g/mol. The van der Waals surface area contributed by atoms with Gasteiger partial charge in [-0.3, -0.25) is 0 Å². The highest BCUT2D eigenvalue weighted by Crippen LogP contribution is 2.23. The normalized spacial score (nSPS) is 23.1. The summed E-state index contributed by atoms with van der Waals surface area (Å²) >= 11 is 0. The fraction of sp³-hybridized carbons (Fsp3) is 0.800. The summed E-state index contributed by atoms with van der Waals surface area (Å²) in [6, 6.07) is -0.537. The van der Waals surface area contributed by atoms with Gasteiger partial charge in [0.2, 0.25) is 0 Å². The van der Waals surface area contributed by atoms with Crippen LogP contribution in [0.5, 0.6) is 0 Å². The maximum absolute atomic E-state index is 12.6. The molecule has 1 rings (SSSR count). The third-order valence-corrected chi connectivity index (χ3v) is 1.35. The third-order valence-electron chi connectivity index (χ3n) is 1.35. The fourth-order valence-electron chi connectivity index (χ4n) is 0.905. The first-order chi connectivity index (χ1) is 4.01. The Morgan fingerprint density at radius 2 is 2.22 bits per heavy atom. The van der Waals surface area contributed by atoms with E-state index >= 15 is 0 Å². The lowest BCUT2D eigenvalue weighted by Gasteiger charge is -2.40. The zero-order valence-electron chi connectivity index (χ0n) is 5.22. The van der Waals surface area contributed by atoms with Crippen molar-refractivity contribution in [1.29, 1.82) is 0 Å². The Kier molecular flexibility index (Phi) is 1.12. The van der Waals surface area contributed by atoms with Crippen LogP contribution in [0.1, 0.15) is 6.92 Å². The minimum absolute atomic E-state index is 0.141. The van der Waals surface area contributed by atoms with Gasteiger partial charge < -0.3 is 10.6 Å². The number of amides is 2. The van der Waals surface area contributed by atoms with Gasteiger partial charge in [-0.2, -0.15) is 0 Å². The Balaban J connectivity index is 2.35. The smallest absolute Gasteiger partial charge is 0.314 e. The van der Waals surface area contributed by atoms with E-state index in [2.05, 4.69) is 0 Å². The van der Waals surface area contributed by atoms with Crippen LogP contribution < -0.4 is 5.73 Å². The molecule has 0 aromatic heterocycles. The van der Waals surface area contributed by atoms with E-state index in [1.807, 2.05) is 0 Å². The van der Waals surface area contributed by atoms with E-state index in [-0.39, 0.29) is 13.1 Å². The molecule has 0 radical (unpaired) electrons. The van der Waals surface area contributed by atoms with Crippen molar-refractivity contribution >= 4 is 6.03 Å². The van der Waals surface area contributed by atoms with Crippen molar-refractivity contribution in [3.63, 3.8) is 0 Å². The van der Waals surface area contributed by atoms with E-state index in [4.69, 9.17) is 5.73 Å². The Morgan fingerprint density at radius 1 is 1.78 bits per heavy atom. The quantitative estimate of drug-likeness (QED) is 0.499. The lowest BCUT2D eigenvalue weighted by Crippen LogP contribution is -2.60. The molecule has 2 N–H and O–H groups in total. The second-order valence-corrected chi connectivity index (χ2v) is 2.61. The number of nitrogens with zero attached hydrogens (tertiary/aromatic N) is 1. The van der Waals surface area contributed by atoms with E-state index in [9.17, 15) is 9.18 Å². The van der Waals surface area contributed by atoms with Gasteiger partial charge in [-0.25, -0.2) is 9.18 Å². The molecular weight excluding hydrogens is 123 g/mol. The molecule has 9 heavy (non-hydrogen) atoms. The molecular formula is C5H9FN2O. The summed E-state index contributed by atoms with van der Waals surface area (Å²) in [6.45, 7) is 1.73. The van der Waals surface area contributed by atoms with E-state index in [0.717, 1.165) is 0 Å². The van der Waals surface area contributed by atoms with Crippen LogP contribution in [-0.2, 0) is 0 Å². The van der Waals surface area contributed by atoms with Crippen molar-refractivity contribution in [2.24, 2.45) is 5.73 Å². The van der Waals surface area contributed by atoms with E-state index in [1.165, 1.54) is 11.8 Å². The number of nitrogens with two attached hydrogens (primary N) is 1. The largest absolute Gasteiger partial charge is 0.351 e. The highest BCUT2D eigenvalue weighted by Gasteiger charge is 2.40. The average molecular weight is 132 g/mol. The van der Waals surface area contributed by atoms with Crippen molar-refractivity contribution in [2.75, 3.05) is 13.1 Å². The van der Waals surface area contributed by atoms with Crippen molar-refractivity contribution in [2.45, 2.75) is 12.6 Å². The van der Waals surface area contributed by atoms with Gasteiger partial charge in [0.05, 0.1) is 13.1 Å². The molecule has 1 saturated heterocycles. The standard InChI is InChI=1S/C5H9FN2O/c1-5(6)2-8(3-5)4(7)9/h2-3H2,1H3,(H2,7,9). The number of urea groups is 1. The SMILES string of the molecule is CC1(F)CN(C(N)=O)C1. The fourth-order valence-corrected chi connectivity index (χ4v) is 0.905. The van der Waals surface area contributed by atoms with Crippen LogP contribution in [0.15, 0.2) is 0 Å². The third kappa shape index (κ3) is 1.12. The molecule has 0 aromatic carbocycles. The highest BCUT2D eigenvalue weighted by atomic mass is 19.1. The molecule has 3 nitrogen and oxygen atoms in total. The maximum atomic E-state index is 12.6. The molecule has 0 aromatic rings. The summed E-state index contributed by atoms with van der Waals surface area (Å²) < 4.78 is 12.6. The van der Waals surface area contributed by atoms with Crippen LogP contribution in [0.2, 0.25) is 0 Å². The van der Waals surface area contributed by atoms with E-state index in [0.29, 0.717) is 0 Å². The highest BCUT2D eigenvalue weighted by molar-refractivity contribution is 5.73. The Hall–Kier alpha value is -0.800. The van der Waals surface area contributed by atoms with Crippen molar-refractivity contribution in [3.05, 3.63) is 0 Å². The van der Waals surface area contributed by atoms with E-state index < -0.39 is 11.7 Å². The number of hydrogen-bond donors (Lipinski definition) is 1. The molecule has 4 heteroatoms. The average Bonchev–Trinajstić information content (AvgIpc) is 1.59. The number of carbonyl (C=O) groups excluding carboxylic acids is 1. The number of hydrogen-bond acceptors (Lipinski definition) is 1. The summed E-state index contributed by atoms with van der Waals surface area (Å²) in [7, 11) is 0. The molecule has 1 aliphatic rings. The second-order valence-electron chi connectivity index (χ2n) is 2.61. The minimum atomic E-state index is -1.20. The molecule has 0 saturated carbocycles. The van der Waals surface area contributed by atoms with Gasteiger partial charge >= 0.3 is 6.03 Å². The number of rotatable bonds is 0. The van der Waals surface area contributed by atoms with Crippen molar-refractivity contribution in [1.82, 2.24) is 4.90 Å².